The number of furan rings is 1. The number of phenolic OH excluding ortho intramolecular Hbond substituents is 1. The number of rotatable bonds is 6. The Morgan fingerprint density at radius 2 is 1.47 bits per heavy atom. The first kappa shape index (κ1) is 20.8. The summed E-state index contributed by atoms with van der Waals surface area (Å²) in [6.45, 7) is 0. The SMILES string of the molecule is COc1cc(C=Nc2oc(-c3ccccc3)c(-c3ccccc3)c2C#N)cc(OC)c1O. The molecule has 0 saturated heterocycles. The number of nitrogens with zero attached hydrogens (tertiary/aromatic N) is 2. The number of aliphatic imine (C=N–C) groups is 1. The number of hydrogen-bond donors (Lipinski definition) is 1. The summed E-state index contributed by atoms with van der Waals surface area (Å²) in [6.07, 6.45) is 1.54. The van der Waals surface area contributed by atoms with Gasteiger partial charge < -0.3 is 19.0 Å². The number of nitriles is 1. The van der Waals surface area contributed by atoms with E-state index in [1.807, 2.05) is 60.7 Å². The highest BCUT2D eigenvalue weighted by atomic mass is 16.5. The van der Waals surface area contributed by atoms with Gasteiger partial charge in [-0.3, -0.25) is 0 Å². The van der Waals surface area contributed by atoms with Crippen LogP contribution in [0.2, 0.25) is 0 Å². The Morgan fingerprint density at radius 3 is 2.00 bits per heavy atom. The van der Waals surface area contributed by atoms with Crippen LogP contribution < -0.4 is 9.47 Å². The number of aromatic hydroxyl groups is 1. The summed E-state index contributed by atoms with van der Waals surface area (Å²) >= 11 is 0. The van der Waals surface area contributed by atoms with Crippen LogP contribution in [0.5, 0.6) is 17.2 Å². The lowest BCUT2D eigenvalue weighted by molar-refractivity contribution is 0.340. The van der Waals surface area contributed by atoms with Crippen LogP contribution in [0, 0.1) is 11.3 Å². The van der Waals surface area contributed by atoms with Crippen LogP contribution in [-0.4, -0.2) is 25.5 Å². The molecule has 0 aliphatic heterocycles. The maximum Gasteiger partial charge on any atom is 0.238 e. The largest absolute Gasteiger partial charge is 0.502 e. The molecule has 0 fully saturated rings. The number of phenols is 1. The minimum Gasteiger partial charge on any atom is -0.502 e. The van der Waals surface area contributed by atoms with Crippen molar-refractivity contribution in [3.8, 4) is 45.8 Å². The average molecular weight is 424 g/mol. The van der Waals surface area contributed by atoms with E-state index < -0.39 is 0 Å². The maximum absolute atomic E-state index is 10.1. The van der Waals surface area contributed by atoms with Crippen molar-refractivity contribution in [2.45, 2.75) is 0 Å². The van der Waals surface area contributed by atoms with Crippen molar-refractivity contribution in [2.24, 2.45) is 4.99 Å². The maximum atomic E-state index is 10.1. The number of benzene rings is 3. The second kappa shape index (κ2) is 9.11. The first-order valence-electron chi connectivity index (χ1n) is 9.83. The van der Waals surface area contributed by atoms with Crippen molar-refractivity contribution in [1.29, 1.82) is 5.26 Å². The van der Waals surface area contributed by atoms with Gasteiger partial charge in [-0.05, 0) is 17.7 Å². The first-order chi connectivity index (χ1) is 15.7. The highest BCUT2D eigenvalue weighted by molar-refractivity contribution is 5.90. The van der Waals surface area contributed by atoms with Crippen LogP contribution in [0.15, 0.2) is 82.2 Å². The van der Waals surface area contributed by atoms with Gasteiger partial charge in [-0.25, -0.2) is 4.99 Å². The van der Waals surface area contributed by atoms with Gasteiger partial charge in [-0.1, -0.05) is 60.7 Å². The Hall–Kier alpha value is -4.50. The van der Waals surface area contributed by atoms with Crippen LogP contribution >= 0.6 is 0 Å². The zero-order valence-corrected chi connectivity index (χ0v) is 17.6. The molecule has 6 nitrogen and oxygen atoms in total. The van der Waals surface area contributed by atoms with E-state index in [0.29, 0.717) is 22.5 Å². The van der Waals surface area contributed by atoms with E-state index in [9.17, 15) is 10.4 Å². The van der Waals surface area contributed by atoms with Gasteiger partial charge in [0.05, 0.1) is 14.2 Å². The lowest BCUT2D eigenvalue weighted by Crippen LogP contribution is -1.92. The predicted octanol–water partition coefficient (Wildman–Crippen LogP) is 5.96. The van der Waals surface area contributed by atoms with Crippen molar-refractivity contribution in [1.82, 2.24) is 0 Å². The molecule has 1 heterocycles. The van der Waals surface area contributed by atoms with Gasteiger partial charge in [0.2, 0.25) is 11.6 Å². The topological polar surface area (TPSA) is 88.0 Å². The quantitative estimate of drug-likeness (QED) is 0.386. The van der Waals surface area contributed by atoms with Crippen LogP contribution in [-0.2, 0) is 0 Å². The van der Waals surface area contributed by atoms with Gasteiger partial charge in [0.25, 0.3) is 0 Å². The average Bonchev–Trinajstić information content (AvgIpc) is 3.23. The number of hydrogen-bond acceptors (Lipinski definition) is 6. The highest BCUT2D eigenvalue weighted by Crippen LogP contribution is 2.42. The summed E-state index contributed by atoms with van der Waals surface area (Å²) < 4.78 is 16.5. The highest BCUT2D eigenvalue weighted by Gasteiger charge is 2.22. The van der Waals surface area contributed by atoms with Crippen molar-refractivity contribution in [2.75, 3.05) is 14.2 Å². The third kappa shape index (κ3) is 3.92. The Balaban J connectivity index is 1.86. The van der Waals surface area contributed by atoms with Crippen LogP contribution in [0.3, 0.4) is 0 Å². The smallest absolute Gasteiger partial charge is 0.238 e. The van der Waals surface area contributed by atoms with Gasteiger partial charge >= 0.3 is 0 Å². The third-order valence-electron chi connectivity index (χ3n) is 4.93. The second-order valence-corrected chi connectivity index (χ2v) is 6.86. The molecule has 0 bridgehead atoms. The van der Waals surface area contributed by atoms with Gasteiger partial charge in [-0.2, -0.15) is 5.26 Å². The van der Waals surface area contributed by atoms with Crippen molar-refractivity contribution in [3.05, 3.63) is 83.9 Å². The second-order valence-electron chi connectivity index (χ2n) is 6.86. The van der Waals surface area contributed by atoms with E-state index in [2.05, 4.69) is 11.1 Å². The monoisotopic (exact) mass is 424 g/mol. The van der Waals surface area contributed by atoms with Crippen LogP contribution in [0.25, 0.3) is 22.5 Å². The number of ether oxygens (including phenoxy) is 2. The normalized spacial score (nSPS) is 10.8. The van der Waals surface area contributed by atoms with E-state index in [0.717, 1.165) is 11.1 Å². The summed E-state index contributed by atoms with van der Waals surface area (Å²) in [5.74, 6) is 1.17. The van der Waals surface area contributed by atoms with Gasteiger partial charge in [0.15, 0.2) is 11.5 Å². The van der Waals surface area contributed by atoms with Gasteiger partial charge in [0, 0.05) is 22.9 Å². The Bertz CT molecular complexity index is 1280. The van der Waals surface area contributed by atoms with Gasteiger partial charge in [-0.15, -0.1) is 0 Å². The summed E-state index contributed by atoms with van der Waals surface area (Å²) in [5, 5.41) is 20.1. The van der Waals surface area contributed by atoms with Crippen molar-refractivity contribution >= 4 is 12.1 Å². The van der Waals surface area contributed by atoms with Crippen LogP contribution in [0.1, 0.15) is 11.1 Å². The summed E-state index contributed by atoms with van der Waals surface area (Å²) in [7, 11) is 2.90. The molecule has 4 aromatic rings. The third-order valence-corrected chi connectivity index (χ3v) is 4.93. The minimum absolute atomic E-state index is 0.0967. The van der Waals surface area contributed by atoms with Gasteiger partial charge in [0.1, 0.15) is 17.4 Å². The lowest BCUT2D eigenvalue weighted by Gasteiger charge is -2.09. The zero-order valence-electron chi connectivity index (χ0n) is 17.6. The minimum atomic E-state index is -0.0967. The summed E-state index contributed by atoms with van der Waals surface area (Å²) in [6, 6.07) is 24.7. The molecule has 0 unspecified atom stereocenters. The molecule has 0 aliphatic carbocycles. The molecular weight excluding hydrogens is 404 g/mol. The van der Waals surface area contributed by atoms with E-state index in [1.54, 1.807) is 12.1 Å². The van der Waals surface area contributed by atoms with E-state index >= 15 is 0 Å². The molecule has 6 heteroatoms. The predicted molar refractivity (Wildman–Crippen MR) is 123 cm³/mol. The number of methoxy groups -OCH3 is 2. The molecule has 0 aliphatic rings. The first-order valence-corrected chi connectivity index (χ1v) is 9.83. The molecule has 32 heavy (non-hydrogen) atoms. The van der Waals surface area contributed by atoms with E-state index in [1.165, 1.54) is 20.4 Å². The molecule has 0 amide bonds. The summed E-state index contributed by atoms with van der Waals surface area (Å²) in [5.41, 5.74) is 3.34. The molecule has 3 aromatic carbocycles. The molecule has 1 aromatic heterocycles. The van der Waals surface area contributed by atoms with Crippen molar-refractivity contribution < 1.29 is 19.0 Å². The molecule has 158 valence electrons. The Morgan fingerprint density at radius 1 is 0.906 bits per heavy atom. The Kier molecular flexibility index (Phi) is 5.91. The molecule has 4 rings (SSSR count). The standard InChI is InChI=1S/C26H20N2O4/c1-30-21-13-17(14-22(31-2)24(21)29)16-28-26-20(15-27)23(18-9-5-3-6-10-18)25(32-26)19-11-7-4-8-12-19/h3-14,16,29H,1-2H3. The lowest BCUT2D eigenvalue weighted by atomic mass is 9.98. The van der Waals surface area contributed by atoms with E-state index in [4.69, 9.17) is 13.9 Å². The molecule has 0 atom stereocenters. The summed E-state index contributed by atoms with van der Waals surface area (Å²) in [4.78, 5) is 4.45. The van der Waals surface area contributed by atoms with Crippen molar-refractivity contribution in [3.63, 3.8) is 0 Å². The molecule has 1 N–H and O–H groups in total. The zero-order chi connectivity index (χ0) is 22.5. The molecule has 0 radical (unpaired) electrons. The fraction of sp³-hybridized carbons (Fsp3) is 0.0769. The van der Waals surface area contributed by atoms with Crippen LogP contribution in [0.4, 0.5) is 5.88 Å². The van der Waals surface area contributed by atoms with E-state index in [-0.39, 0.29) is 23.1 Å². The molecule has 0 spiro atoms. The Labute approximate surface area is 185 Å². The molecular formula is C26H20N2O4. The fourth-order valence-corrected chi connectivity index (χ4v) is 3.41. The molecule has 0 saturated carbocycles. The fourth-order valence-electron chi connectivity index (χ4n) is 3.41.